The third-order valence-electron chi connectivity index (χ3n) is 6.15. The Morgan fingerprint density at radius 3 is 2.54 bits per heavy atom. The van der Waals surface area contributed by atoms with Crippen molar-refractivity contribution in [3.63, 3.8) is 0 Å². The Bertz CT molecular complexity index is 658. The number of likely N-dealkylation sites (tertiary alicyclic amines) is 1. The first-order valence-electron chi connectivity index (χ1n) is 10.4. The van der Waals surface area contributed by atoms with Gasteiger partial charge in [0.25, 0.3) is 0 Å². The summed E-state index contributed by atoms with van der Waals surface area (Å²) in [6.07, 6.45) is 4.15. The molecule has 0 bridgehead atoms. The number of ether oxygens (including phenoxy) is 1. The number of guanidine groups is 1. The van der Waals surface area contributed by atoms with Crippen LogP contribution in [0.5, 0.6) is 5.75 Å². The van der Waals surface area contributed by atoms with Crippen LogP contribution < -0.4 is 15.0 Å². The lowest BCUT2D eigenvalue weighted by atomic mass is 10.1. The Labute approximate surface area is 186 Å². The topological polar surface area (TPSA) is 43.3 Å². The molecule has 1 atom stereocenters. The van der Waals surface area contributed by atoms with E-state index in [1.165, 1.54) is 38.0 Å². The number of nitrogens with one attached hydrogen (secondary N) is 1. The number of piperazine rings is 1. The number of hydrogen-bond acceptors (Lipinski definition) is 4. The lowest BCUT2D eigenvalue weighted by Gasteiger charge is -2.38. The predicted molar refractivity (Wildman–Crippen MR) is 126 cm³/mol. The van der Waals surface area contributed by atoms with Gasteiger partial charge in [0.05, 0.1) is 12.8 Å². The summed E-state index contributed by atoms with van der Waals surface area (Å²) in [6.45, 7) is 7.53. The smallest absolute Gasteiger partial charge is 0.193 e. The Morgan fingerprint density at radius 2 is 1.86 bits per heavy atom. The maximum atomic E-state index is 5.52. The van der Waals surface area contributed by atoms with Crippen molar-refractivity contribution in [1.82, 2.24) is 15.1 Å². The monoisotopic (exact) mass is 499 g/mol. The van der Waals surface area contributed by atoms with Crippen LogP contribution in [0.4, 0.5) is 5.69 Å². The summed E-state index contributed by atoms with van der Waals surface area (Å²) in [5.41, 5.74) is 1.19. The van der Waals surface area contributed by atoms with Crippen molar-refractivity contribution in [2.45, 2.75) is 25.3 Å². The van der Waals surface area contributed by atoms with Crippen LogP contribution in [0.15, 0.2) is 29.3 Å². The first-order valence-corrected chi connectivity index (χ1v) is 10.4. The van der Waals surface area contributed by atoms with Crippen LogP contribution in [0.3, 0.4) is 0 Å². The summed E-state index contributed by atoms with van der Waals surface area (Å²) in [4.78, 5) is 12.0. The molecule has 1 aliphatic carbocycles. The van der Waals surface area contributed by atoms with E-state index in [9.17, 15) is 0 Å². The second-order valence-corrected chi connectivity index (χ2v) is 7.95. The SMILES string of the molecule is CN=C(NCC1CCN(C2CC2)C1)N1CCN(c2ccccc2OC)CC1.I. The fourth-order valence-electron chi connectivity index (χ4n) is 4.42. The van der Waals surface area contributed by atoms with E-state index in [4.69, 9.17) is 4.74 Å². The number of methoxy groups -OCH3 is 1. The minimum Gasteiger partial charge on any atom is -0.495 e. The first kappa shape index (κ1) is 21.5. The molecule has 28 heavy (non-hydrogen) atoms. The fourth-order valence-corrected chi connectivity index (χ4v) is 4.42. The van der Waals surface area contributed by atoms with Gasteiger partial charge in [0, 0.05) is 52.4 Å². The molecule has 0 radical (unpaired) electrons. The molecule has 6 nitrogen and oxygen atoms in total. The molecule has 156 valence electrons. The number of hydrogen-bond donors (Lipinski definition) is 1. The standard InChI is InChI=1S/C21H33N5O.HI/c1-22-21(23-15-17-9-10-26(16-17)18-7-8-18)25-13-11-24(12-14-25)19-5-3-4-6-20(19)27-2;/h3-6,17-18H,7-16H2,1-2H3,(H,22,23);1H. The van der Waals surface area contributed by atoms with E-state index in [1.54, 1.807) is 7.11 Å². The number of halogens is 1. The summed E-state index contributed by atoms with van der Waals surface area (Å²) in [6, 6.07) is 9.19. The van der Waals surface area contributed by atoms with Crippen molar-refractivity contribution < 1.29 is 4.74 Å². The summed E-state index contributed by atoms with van der Waals surface area (Å²) < 4.78 is 5.52. The molecule has 1 saturated carbocycles. The number of nitrogens with zero attached hydrogens (tertiary/aromatic N) is 4. The quantitative estimate of drug-likeness (QED) is 0.383. The zero-order chi connectivity index (χ0) is 18.6. The van der Waals surface area contributed by atoms with Gasteiger partial charge in [0.15, 0.2) is 5.96 Å². The normalized spacial score (nSPS) is 23.5. The molecule has 3 aliphatic rings. The van der Waals surface area contributed by atoms with Gasteiger partial charge >= 0.3 is 0 Å². The first-order chi connectivity index (χ1) is 13.3. The maximum Gasteiger partial charge on any atom is 0.193 e. The molecule has 3 fully saturated rings. The number of para-hydroxylation sites is 2. The Balaban J connectivity index is 0.00000225. The molecule has 2 aliphatic heterocycles. The maximum absolute atomic E-state index is 5.52. The lowest BCUT2D eigenvalue weighted by Crippen LogP contribution is -2.53. The number of rotatable bonds is 5. The summed E-state index contributed by atoms with van der Waals surface area (Å²) in [7, 11) is 3.65. The molecule has 0 aromatic heterocycles. The summed E-state index contributed by atoms with van der Waals surface area (Å²) >= 11 is 0. The molecule has 7 heteroatoms. The van der Waals surface area contributed by atoms with Crippen LogP contribution >= 0.6 is 24.0 Å². The second-order valence-electron chi connectivity index (χ2n) is 7.95. The average molecular weight is 499 g/mol. The lowest BCUT2D eigenvalue weighted by molar-refractivity contribution is 0.312. The molecule has 1 unspecified atom stereocenters. The Morgan fingerprint density at radius 1 is 1.11 bits per heavy atom. The minimum absolute atomic E-state index is 0. The molecule has 0 amide bonds. The van der Waals surface area contributed by atoms with Gasteiger partial charge < -0.3 is 24.8 Å². The van der Waals surface area contributed by atoms with E-state index in [0.717, 1.165) is 56.4 Å². The number of anilines is 1. The van der Waals surface area contributed by atoms with Gasteiger partial charge in [-0.25, -0.2) is 0 Å². The molecule has 2 heterocycles. The van der Waals surface area contributed by atoms with E-state index < -0.39 is 0 Å². The van der Waals surface area contributed by atoms with Gasteiger partial charge in [0.2, 0.25) is 0 Å². The minimum atomic E-state index is 0. The van der Waals surface area contributed by atoms with Gasteiger partial charge in [-0.15, -0.1) is 24.0 Å². The van der Waals surface area contributed by atoms with E-state index in [2.05, 4.69) is 37.1 Å². The number of aliphatic imine (C=N–C) groups is 1. The average Bonchev–Trinajstić information content (AvgIpc) is 3.47. The summed E-state index contributed by atoms with van der Waals surface area (Å²) in [5.74, 6) is 2.77. The molecule has 0 spiro atoms. The van der Waals surface area contributed by atoms with Crippen molar-refractivity contribution in [3.05, 3.63) is 24.3 Å². The van der Waals surface area contributed by atoms with Gasteiger partial charge in [-0.3, -0.25) is 4.99 Å². The van der Waals surface area contributed by atoms with Crippen LogP contribution in [0, 0.1) is 5.92 Å². The van der Waals surface area contributed by atoms with Crippen molar-refractivity contribution in [1.29, 1.82) is 0 Å². The molecule has 1 aromatic carbocycles. The van der Waals surface area contributed by atoms with Crippen LogP contribution in [-0.2, 0) is 0 Å². The molecule has 2 saturated heterocycles. The highest BCUT2D eigenvalue weighted by Crippen LogP contribution is 2.31. The van der Waals surface area contributed by atoms with Crippen LogP contribution in [-0.4, -0.2) is 81.8 Å². The van der Waals surface area contributed by atoms with E-state index >= 15 is 0 Å². The van der Waals surface area contributed by atoms with Crippen molar-refractivity contribution >= 4 is 35.6 Å². The highest BCUT2D eigenvalue weighted by atomic mass is 127. The van der Waals surface area contributed by atoms with E-state index in [0.29, 0.717) is 0 Å². The van der Waals surface area contributed by atoms with Crippen LogP contribution in [0.2, 0.25) is 0 Å². The zero-order valence-corrected chi connectivity index (χ0v) is 19.5. The van der Waals surface area contributed by atoms with Gasteiger partial charge in [-0.2, -0.15) is 0 Å². The summed E-state index contributed by atoms with van der Waals surface area (Å²) in [5, 5.41) is 3.64. The Hall–Kier alpha value is -1.22. The zero-order valence-electron chi connectivity index (χ0n) is 17.1. The molecular weight excluding hydrogens is 465 g/mol. The largest absolute Gasteiger partial charge is 0.495 e. The van der Waals surface area contributed by atoms with Crippen LogP contribution in [0.1, 0.15) is 19.3 Å². The molecular formula is C21H34IN5O. The van der Waals surface area contributed by atoms with E-state index in [1.807, 2.05) is 19.2 Å². The van der Waals surface area contributed by atoms with Crippen molar-refractivity contribution in [2.24, 2.45) is 10.9 Å². The van der Waals surface area contributed by atoms with Gasteiger partial charge in [-0.05, 0) is 43.9 Å². The highest BCUT2D eigenvalue weighted by Gasteiger charge is 2.34. The fraction of sp³-hybridized carbons (Fsp3) is 0.667. The van der Waals surface area contributed by atoms with Crippen molar-refractivity contribution in [2.75, 3.05) is 64.9 Å². The third-order valence-corrected chi connectivity index (χ3v) is 6.15. The van der Waals surface area contributed by atoms with Crippen LogP contribution in [0.25, 0.3) is 0 Å². The predicted octanol–water partition coefficient (Wildman–Crippen LogP) is 2.49. The van der Waals surface area contributed by atoms with E-state index in [-0.39, 0.29) is 24.0 Å². The van der Waals surface area contributed by atoms with Crippen molar-refractivity contribution in [3.8, 4) is 5.75 Å². The second kappa shape index (κ2) is 10.0. The van der Waals surface area contributed by atoms with Gasteiger partial charge in [-0.1, -0.05) is 12.1 Å². The Kier molecular flexibility index (Phi) is 7.68. The molecule has 1 N–H and O–H groups in total. The highest BCUT2D eigenvalue weighted by molar-refractivity contribution is 14.0. The van der Waals surface area contributed by atoms with Gasteiger partial charge in [0.1, 0.15) is 5.75 Å². The third kappa shape index (κ3) is 5.03. The molecule has 1 aromatic rings. The number of benzene rings is 1. The molecule has 4 rings (SSSR count).